The van der Waals surface area contributed by atoms with Gasteiger partial charge in [-0.25, -0.2) is 18.7 Å². The summed E-state index contributed by atoms with van der Waals surface area (Å²) in [6.45, 7) is 7.33. The third-order valence-corrected chi connectivity index (χ3v) is 7.98. The molecule has 2 aromatic carbocycles. The molecule has 4 N–H and O–H groups in total. The highest BCUT2D eigenvalue weighted by atomic mass is 35.5. The van der Waals surface area contributed by atoms with E-state index in [1.54, 1.807) is 24.7 Å². The number of nitrogens with zero attached hydrogens (tertiary/aromatic N) is 3. The summed E-state index contributed by atoms with van der Waals surface area (Å²) in [5.41, 5.74) is 10.9. The number of amidine groups is 1. The number of rotatable bonds is 7. The molecule has 0 radical (unpaired) electrons. The van der Waals surface area contributed by atoms with Gasteiger partial charge in [-0.05, 0) is 95.3 Å². The fourth-order valence-electron chi connectivity index (χ4n) is 5.51. The van der Waals surface area contributed by atoms with Crippen LogP contribution in [-0.4, -0.2) is 46.3 Å². The van der Waals surface area contributed by atoms with Crippen LogP contribution in [0.4, 0.5) is 20.6 Å². The van der Waals surface area contributed by atoms with Gasteiger partial charge >= 0.3 is 6.09 Å². The van der Waals surface area contributed by atoms with Crippen molar-refractivity contribution in [2.24, 2.45) is 10.7 Å². The number of methoxy groups -OCH3 is 1. The number of ether oxygens (including phenoxy) is 2. The second-order valence-corrected chi connectivity index (χ2v) is 12.6. The molecular formula is C35H38ClFN6O3. The van der Waals surface area contributed by atoms with E-state index in [0.717, 1.165) is 53.6 Å². The van der Waals surface area contributed by atoms with Crippen molar-refractivity contribution in [1.82, 2.24) is 14.9 Å². The van der Waals surface area contributed by atoms with Crippen LogP contribution in [0.5, 0.6) is 5.75 Å². The predicted octanol–water partition coefficient (Wildman–Crippen LogP) is 7.46. The third kappa shape index (κ3) is 7.72. The molecule has 1 aliphatic rings. The van der Waals surface area contributed by atoms with Crippen molar-refractivity contribution in [2.75, 3.05) is 12.4 Å². The van der Waals surface area contributed by atoms with E-state index in [0.29, 0.717) is 11.3 Å². The molecule has 240 valence electrons. The van der Waals surface area contributed by atoms with E-state index in [1.165, 1.54) is 18.2 Å². The maximum absolute atomic E-state index is 14.0. The lowest BCUT2D eigenvalue weighted by Gasteiger charge is -2.31. The van der Waals surface area contributed by atoms with Gasteiger partial charge in [0.15, 0.2) is 0 Å². The van der Waals surface area contributed by atoms with Crippen LogP contribution in [0, 0.1) is 17.7 Å². The molecule has 1 aliphatic carbocycles. The lowest BCUT2D eigenvalue weighted by Crippen LogP contribution is -2.42. The molecule has 1 saturated carbocycles. The van der Waals surface area contributed by atoms with E-state index >= 15 is 0 Å². The van der Waals surface area contributed by atoms with Crippen LogP contribution in [0.1, 0.15) is 64.5 Å². The Bertz CT molecular complexity index is 1840. The number of amides is 1. The highest BCUT2D eigenvalue weighted by Crippen LogP contribution is 2.34. The lowest BCUT2D eigenvalue weighted by atomic mass is 9.91. The molecule has 0 atom stereocenters. The first kappa shape index (κ1) is 32.6. The highest BCUT2D eigenvalue weighted by molar-refractivity contribution is 6.33. The molecular weight excluding hydrogens is 607 g/mol. The molecule has 11 heteroatoms. The molecule has 2 aromatic heterocycles. The Kier molecular flexibility index (Phi) is 9.73. The van der Waals surface area contributed by atoms with Crippen molar-refractivity contribution in [2.45, 2.75) is 71.1 Å². The Labute approximate surface area is 273 Å². The number of nitrogens with one attached hydrogen (secondary N) is 2. The fourth-order valence-corrected chi connectivity index (χ4v) is 5.67. The number of fused-ring (bicyclic) bond motifs is 1. The quantitative estimate of drug-likeness (QED) is 0.109. The van der Waals surface area contributed by atoms with E-state index in [-0.39, 0.29) is 28.6 Å². The van der Waals surface area contributed by atoms with Crippen LogP contribution in [0.3, 0.4) is 0 Å². The van der Waals surface area contributed by atoms with E-state index in [2.05, 4.69) is 32.6 Å². The Balaban J connectivity index is 1.51. The molecule has 0 unspecified atom stereocenters. The van der Waals surface area contributed by atoms with E-state index in [9.17, 15) is 9.18 Å². The maximum Gasteiger partial charge on any atom is 0.407 e. The fraction of sp³-hybridized carbons (Fsp3) is 0.343. The molecule has 1 fully saturated rings. The third-order valence-electron chi connectivity index (χ3n) is 7.66. The second kappa shape index (κ2) is 13.7. The Morgan fingerprint density at radius 1 is 1.13 bits per heavy atom. The minimum Gasteiger partial charge on any atom is -0.497 e. The number of anilines is 1. The number of hydrogen-bond donors (Lipinski definition) is 3. The molecule has 0 spiro atoms. The number of alkyl carbamates (subject to hydrolysis) is 1. The zero-order valence-corrected chi connectivity index (χ0v) is 27.3. The van der Waals surface area contributed by atoms with Crippen LogP contribution in [0.15, 0.2) is 59.9 Å². The second-order valence-electron chi connectivity index (χ2n) is 12.2. The van der Waals surface area contributed by atoms with Crippen LogP contribution in [0.25, 0.3) is 16.6 Å². The Morgan fingerprint density at radius 2 is 1.87 bits per heavy atom. The van der Waals surface area contributed by atoms with E-state index < -0.39 is 17.5 Å². The lowest BCUT2D eigenvalue weighted by molar-refractivity contribution is 0.0492. The molecule has 1 amide bonds. The molecule has 9 nitrogen and oxygen atoms in total. The van der Waals surface area contributed by atoms with E-state index in [4.69, 9.17) is 26.8 Å². The van der Waals surface area contributed by atoms with Gasteiger partial charge in [0.1, 0.15) is 23.0 Å². The minimum atomic E-state index is -0.561. The molecule has 4 aromatic rings. The Morgan fingerprint density at radius 3 is 2.57 bits per heavy atom. The maximum atomic E-state index is 14.0. The summed E-state index contributed by atoms with van der Waals surface area (Å²) in [6, 6.07) is 11.8. The monoisotopic (exact) mass is 644 g/mol. The zero-order chi connectivity index (χ0) is 33.0. The van der Waals surface area contributed by atoms with Gasteiger partial charge < -0.3 is 25.8 Å². The van der Waals surface area contributed by atoms with Crippen molar-refractivity contribution < 1.29 is 18.7 Å². The number of carbonyl (C=O) groups is 1. The predicted molar refractivity (Wildman–Crippen MR) is 181 cm³/mol. The van der Waals surface area contributed by atoms with Crippen molar-refractivity contribution >= 4 is 40.4 Å². The van der Waals surface area contributed by atoms with Gasteiger partial charge in [-0.3, -0.25) is 0 Å². The first-order valence-corrected chi connectivity index (χ1v) is 15.5. The largest absolute Gasteiger partial charge is 0.497 e. The summed E-state index contributed by atoms with van der Waals surface area (Å²) >= 11 is 6.31. The van der Waals surface area contributed by atoms with Crippen molar-refractivity contribution in [3.63, 3.8) is 0 Å². The van der Waals surface area contributed by atoms with E-state index in [1.807, 2.05) is 51.2 Å². The summed E-state index contributed by atoms with van der Waals surface area (Å²) < 4.78 is 26.7. The van der Waals surface area contributed by atoms with Crippen molar-refractivity contribution in [3.8, 4) is 28.7 Å². The standard InChI is InChI=1S/C35H38ClFN6O3/c1-6-7-21-16-26(45-5)13-14-27(21)22-17-31-32(40-24-9-11-25(12-10-24)41-34(44)46-35(2,3)4)28(19-39-43(31)20-22)33(38)42-30-18-23(37)8-15-29(30)36/h8,13-20,24-25,40H,9-12H2,1-5H3,(H2,38,42)(H,41,44)/t24-,25-. The highest BCUT2D eigenvalue weighted by Gasteiger charge is 2.26. The zero-order valence-electron chi connectivity index (χ0n) is 26.6. The van der Waals surface area contributed by atoms with Gasteiger partial charge in [-0.15, -0.1) is 5.92 Å². The summed E-state index contributed by atoms with van der Waals surface area (Å²) in [6.07, 6.45) is 6.30. The average molecular weight is 645 g/mol. The van der Waals surface area contributed by atoms with Gasteiger partial charge in [-0.1, -0.05) is 17.5 Å². The van der Waals surface area contributed by atoms with Crippen LogP contribution < -0.4 is 21.1 Å². The normalized spacial score (nSPS) is 16.8. The van der Waals surface area contributed by atoms with Crippen molar-refractivity contribution in [1.29, 1.82) is 0 Å². The number of hydrogen-bond acceptors (Lipinski definition) is 6. The van der Waals surface area contributed by atoms with Crippen LogP contribution in [0.2, 0.25) is 5.02 Å². The number of nitrogens with two attached hydrogens (primary N) is 1. The molecule has 2 heterocycles. The molecule has 0 aliphatic heterocycles. The number of aromatic nitrogens is 2. The smallest absolute Gasteiger partial charge is 0.407 e. The minimum absolute atomic E-state index is 0.0136. The van der Waals surface area contributed by atoms with Gasteiger partial charge in [0.25, 0.3) is 0 Å². The summed E-state index contributed by atoms with van der Waals surface area (Å²) in [7, 11) is 1.62. The Hall–Kier alpha value is -4.75. The molecule has 0 saturated heterocycles. The summed E-state index contributed by atoms with van der Waals surface area (Å²) in [4.78, 5) is 16.8. The first-order valence-electron chi connectivity index (χ1n) is 15.1. The first-order chi connectivity index (χ1) is 21.9. The number of benzene rings is 2. The topological polar surface area (TPSA) is 115 Å². The van der Waals surface area contributed by atoms with Crippen LogP contribution >= 0.6 is 11.6 Å². The number of carbonyl (C=O) groups excluding carboxylic acids is 1. The summed E-state index contributed by atoms with van der Waals surface area (Å²) in [5, 5.41) is 11.6. The average Bonchev–Trinajstić information content (AvgIpc) is 3.44. The van der Waals surface area contributed by atoms with Gasteiger partial charge in [0.05, 0.1) is 40.8 Å². The molecule has 0 bridgehead atoms. The van der Waals surface area contributed by atoms with Crippen molar-refractivity contribution in [3.05, 3.63) is 76.8 Å². The summed E-state index contributed by atoms with van der Waals surface area (Å²) in [5.74, 6) is 6.53. The van der Waals surface area contributed by atoms with Crippen LogP contribution in [-0.2, 0) is 4.74 Å². The van der Waals surface area contributed by atoms with Gasteiger partial charge in [0.2, 0.25) is 0 Å². The SMILES string of the molecule is CC#Cc1cc(OC)ccc1-c1cc2c(N[C@H]3CC[C@H](NC(=O)OC(C)(C)C)CC3)c(/C(N)=N/c3cc(F)ccc3Cl)cnn2c1. The van der Waals surface area contributed by atoms with Gasteiger partial charge in [-0.2, -0.15) is 5.10 Å². The van der Waals surface area contributed by atoms with Gasteiger partial charge in [0, 0.05) is 35.5 Å². The molecule has 46 heavy (non-hydrogen) atoms. The number of aliphatic imine (C=N–C) groups is 1. The molecule has 5 rings (SSSR count). The number of halogens is 2.